The fourth-order valence-corrected chi connectivity index (χ4v) is 2.78. The van der Waals surface area contributed by atoms with Crippen LogP contribution in [0, 0.1) is 11.3 Å². The van der Waals surface area contributed by atoms with Crippen LogP contribution in [0.3, 0.4) is 0 Å². The van der Waals surface area contributed by atoms with E-state index in [1.54, 1.807) is 12.1 Å². The van der Waals surface area contributed by atoms with Crippen LogP contribution in [-0.2, 0) is 4.74 Å². The van der Waals surface area contributed by atoms with Gasteiger partial charge in [-0.3, -0.25) is 4.90 Å². The molecule has 1 aliphatic rings. The minimum absolute atomic E-state index is 0.127. The summed E-state index contributed by atoms with van der Waals surface area (Å²) in [6, 6.07) is 7.38. The summed E-state index contributed by atoms with van der Waals surface area (Å²) in [6.45, 7) is 5.52. The molecule has 1 saturated heterocycles. The van der Waals surface area contributed by atoms with Crippen molar-refractivity contribution in [1.29, 1.82) is 5.26 Å². The average Bonchev–Trinajstić information content (AvgIpc) is 2.33. The van der Waals surface area contributed by atoms with Gasteiger partial charge in [-0.25, -0.2) is 0 Å². The van der Waals surface area contributed by atoms with E-state index in [0.717, 1.165) is 18.7 Å². The molecule has 0 N–H and O–H groups in total. The largest absolute Gasteiger partial charge is 0.373 e. The van der Waals surface area contributed by atoms with Crippen molar-refractivity contribution in [2.75, 3.05) is 13.1 Å². The van der Waals surface area contributed by atoms with Crippen LogP contribution >= 0.6 is 23.2 Å². The lowest BCUT2D eigenvalue weighted by molar-refractivity contribution is -0.0750. The Bertz CT molecular complexity index is 491. The summed E-state index contributed by atoms with van der Waals surface area (Å²) in [7, 11) is 0. The van der Waals surface area contributed by atoms with E-state index in [9.17, 15) is 5.26 Å². The van der Waals surface area contributed by atoms with Crippen molar-refractivity contribution in [2.24, 2.45) is 0 Å². The minimum atomic E-state index is -0.316. The van der Waals surface area contributed by atoms with Gasteiger partial charge in [0.05, 0.1) is 28.3 Å². The van der Waals surface area contributed by atoms with Gasteiger partial charge in [0.15, 0.2) is 0 Å². The van der Waals surface area contributed by atoms with Gasteiger partial charge in [-0.05, 0) is 31.5 Å². The molecule has 0 bridgehead atoms. The first kappa shape index (κ1) is 14.6. The first-order valence-electron chi connectivity index (χ1n) is 6.25. The summed E-state index contributed by atoms with van der Waals surface area (Å²) in [5.41, 5.74) is 0.873. The molecular formula is C14H16Cl2N2O. The van der Waals surface area contributed by atoms with Crippen molar-refractivity contribution in [2.45, 2.75) is 32.1 Å². The van der Waals surface area contributed by atoms with E-state index >= 15 is 0 Å². The van der Waals surface area contributed by atoms with E-state index in [-0.39, 0.29) is 18.2 Å². The highest BCUT2D eigenvalue weighted by atomic mass is 35.5. The van der Waals surface area contributed by atoms with Crippen molar-refractivity contribution < 1.29 is 4.74 Å². The van der Waals surface area contributed by atoms with Crippen LogP contribution in [0.4, 0.5) is 0 Å². The Balaban J connectivity index is 2.24. The smallest absolute Gasteiger partial charge is 0.124 e. The number of morpholine rings is 1. The SMILES string of the molecule is CC1CN(C(C#N)c2ccc(Cl)c(Cl)c2)CC(C)O1. The van der Waals surface area contributed by atoms with E-state index in [1.165, 1.54) is 0 Å². The maximum atomic E-state index is 9.46. The third-order valence-electron chi connectivity index (χ3n) is 3.19. The number of halogens is 2. The second-order valence-electron chi connectivity index (χ2n) is 4.92. The second kappa shape index (κ2) is 6.11. The van der Waals surface area contributed by atoms with Gasteiger partial charge in [-0.15, -0.1) is 0 Å². The summed E-state index contributed by atoms with van der Waals surface area (Å²) in [5.74, 6) is 0. The van der Waals surface area contributed by atoms with Crippen molar-refractivity contribution in [1.82, 2.24) is 4.90 Å². The molecule has 0 spiro atoms. The second-order valence-corrected chi connectivity index (χ2v) is 5.73. The molecule has 1 aromatic carbocycles. The fourth-order valence-electron chi connectivity index (χ4n) is 2.48. The van der Waals surface area contributed by atoms with E-state index in [4.69, 9.17) is 27.9 Å². The summed E-state index contributed by atoms with van der Waals surface area (Å²) in [6.07, 6.45) is 0.254. The zero-order chi connectivity index (χ0) is 14.0. The number of hydrogen-bond donors (Lipinski definition) is 0. The van der Waals surface area contributed by atoms with Crippen molar-refractivity contribution in [3.8, 4) is 6.07 Å². The van der Waals surface area contributed by atoms with Gasteiger partial charge in [0, 0.05) is 13.1 Å². The molecule has 2 rings (SSSR count). The molecule has 0 aliphatic carbocycles. The lowest BCUT2D eigenvalue weighted by Crippen LogP contribution is -2.46. The Morgan fingerprint density at radius 2 is 1.89 bits per heavy atom. The summed E-state index contributed by atoms with van der Waals surface area (Å²) < 4.78 is 5.69. The number of hydrogen-bond acceptors (Lipinski definition) is 3. The molecule has 3 atom stereocenters. The highest BCUT2D eigenvalue weighted by Gasteiger charge is 2.29. The predicted molar refractivity (Wildman–Crippen MR) is 76.4 cm³/mol. The van der Waals surface area contributed by atoms with Gasteiger partial charge >= 0.3 is 0 Å². The molecule has 102 valence electrons. The normalized spacial score (nSPS) is 25.8. The molecular weight excluding hydrogens is 283 g/mol. The highest BCUT2D eigenvalue weighted by Crippen LogP contribution is 2.29. The van der Waals surface area contributed by atoms with Crippen LogP contribution in [0.1, 0.15) is 25.5 Å². The van der Waals surface area contributed by atoms with Crippen molar-refractivity contribution in [3.05, 3.63) is 33.8 Å². The first-order valence-corrected chi connectivity index (χ1v) is 7.01. The molecule has 0 saturated carbocycles. The number of benzene rings is 1. The Labute approximate surface area is 123 Å². The maximum absolute atomic E-state index is 9.46. The third-order valence-corrected chi connectivity index (χ3v) is 3.93. The Hall–Kier alpha value is -0.790. The van der Waals surface area contributed by atoms with Gasteiger partial charge < -0.3 is 4.74 Å². The lowest BCUT2D eigenvalue weighted by Gasteiger charge is -2.37. The highest BCUT2D eigenvalue weighted by molar-refractivity contribution is 6.42. The number of nitrogens with zero attached hydrogens (tertiary/aromatic N) is 2. The summed E-state index contributed by atoms with van der Waals surface area (Å²) >= 11 is 11.9. The van der Waals surface area contributed by atoms with Gasteiger partial charge in [-0.1, -0.05) is 29.3 Å². The van der Waals surface area contributed by atoms with Gasteiger partial charge in [0.1, 0.15) is 6.04 Å². The van der Waals surface area contributed by atoms with Crippen LogP contribution in [0.15, 0.2) is 18.2 Å². The molecule has 0 radical (unpaired) electrons. The summed E-state index contributed by atoms with van der Waals surface area (Å²) in [5, 5.41) is 10.4. The van der Waals surface area contributed by atoms with Crippen molar-refractivity contribution >= 4 is 23.2 Å². The third kappa shape index (κ3) is 3.40. The molecule has 19 heavy (non-hydrogen) atoms. The number of rotatable bonds is 2. The van der Waals surface area contributed by atoms with Crippen LogP contribution in [-0.4, -0.2) is 30.2 Å². The Morgan fingerprint density at radius 1 is 1.26 bits per heavy atom. The van der Waals surface area contributed by atoms with Crippen molar-refractivity contribution in [3.63, 3.8) is 0 Å². The van der Waals surface area contributed by atoms with E-state index in [1.807, 2.05) is 19.9 Å². The van der Waals surface area contributed by atoms with Crippen LogP contribution in [0.25, 0.3) is 0 Å². The van der Waals surface area contributed by atoms with Gasteiger partial charge in [0.25, 0.3) is 0 Å². The van der Waals surface area contributed by atoms with Gasteiger partial charge in [-0.2, -0.15) is 5.26 Å². The topological polar surface area (TPSA) is 36.3 Å². The zero-order valence-corrected chi connectivity index (χ0v) is 12.4. The monoisotopic (exact) mass is 298 g/mol. The predicted octanol–water partition coefficient (Wildman–Crippen LogP) is 3.67. The van der Waals surface area contributed by atoms with Gasteiger partial charge in [0.2, 0.25) is 0 Å². The number of nitriles is 1. The molecule has 1 aromatic rings. The molecule has 3 unspecified atom stereocenters. The first-order chi connectivity index (χ1) is 9.01. The van der Waals surface area contributed by atoms with Crippen LogP contribution in [0.2, 0.25) is 10.0 Å². The van der Waals surface area contributed by atoms with Crippen LogP contribution in [0.5, 0.6) is 0 Å². The minimum Gasteiger partial charge on any atom is -0.373 e. The van der Waals surface area contributed by atoms with E-state index < -0.39 is 0 Å². The number of ether oxygens (including phenoxy) is 1. The Kier molecular flexibility index (Phi) is 4.70. The summed E-state index contributed by atoms with van der Waals surface area (Å²) in [4.78, 5) is 2.12. The fraction of sp³-hybridized carbons (Fsp3) is 0.500. The molecule has 0 amide bonds. The Morgan fingerprint density at radius 3 is 2.42 bits per heavy atom. The average molecular weight is 299 g/mol. The van der Waals surface area contributed by atoms with E-state index in [0.29, 0.717) is 10.0 Å². The molecule has 3 nitrogen and oxygen atoms in total. The quantitative estimate of drug-likeness (QED) is 0.836. The van der Waals surface area contributed by atoms with E-state index in [2.05, 4.69) is 11.0 Å². The molecule has 5 heteroatoms. The molecule has 1 heterocycles. The molecule has 1 aliphatic heterocycles. The lowest BCUT2D eigenvalue weighted by atomic mass is 10.0. The molecule has 0 aromatic heterocycles. The maximum Gasteiger partial charge on any atom is 0.124 e. The zero-order valence-electron chi connectivity index (χ0n) is 10.9. The standard InChI is InChI=1S/C14H16Cl2N2O/c1-9-7-18(8-10(2)19-9)14(6-17)11-3-4-12(15)13(16)5-11/h3-5,9-10,14H,7-8H2,1-2H3. The molecule has 1 fully saturated rings. The van der Waals surface area contributed by atoms with Crippen LogP contribution < -0.4 is 0 Å².